The highest BCUT2D eigenvalue weighted by Crippen LogP contribution is 2.21. The molecule has 0 atom stereocenters. The van der Waals surface area contributed by atoms with Crippen molar-refractivity contribution in [3.63, 3.8) is 0 Å². The van der Waals surface area contributed by atoms with Gasteiger partial charge in [0.15, 0.2) is 5.16 Å². The molecule has 2 rings (SSSR count). The number of halogens is 1. The third-order valence-corrected chi connectivity index (χ3v) is 4.31. The quantitative estimate of drug-likeness (QED) is 0.509. The van der Waals surface area contributed by atoms with Gasteiger partial charge >= 0.3 is 0 Å². The Bertz CT molecular complexity index is 578. The van der Waals surface area contributed by atoms with Crippen molar-refractivity contribution in [2.75, 3.05) is 17.6 Å². The highest BCUT2D eigenvalue weighted by Gasteiger charge is 2.05. The van der Waals surface area contributed by atoms with Crippen molar-refractivity contribution in [2.45, 2.75) is 25.9 Å². The molecule has 0 saturated carbocycles. The molecule has 0 amide bonds. The van der Waals surface area contributed by atoms with Gasteiger partial charge in [-0.15, -0.1) is 0 Å². The fourth-order valence-electron chi connectivity index (χ4n) is 1.74. The summed E-state index contributed by atoms with van der Waals surface area (Å²) >= 11 is 7.74. The molecule has 1 N–H and O–H groups in total. The average molecular weight is 308 g/mol. The van der Waals surface area contributed by atoms with Crippen molar-refractivity contribution < 1.29 is 0 Å². The third-order valence-electron chi connectivity index (χ3n) is 3.13. The van der Waals surface area contributed by atoms with Gasteiger partial charge in [0, 0.05) is 23.7 Å². The van der Waals surface area contributed by atoms with E-state index in [2.05, 4.69) is 22.2 Å². The Balaban J connectivity index is 1.86. The number of aryl methyl sites for hydroxylation is 2. The van der Waals surface area contributed by atoms with Crippen molar-refractivity contribution in [3.8, 4) is 0 Å². The Labute approximate surface area is 129 Å². The van der Waals surface area contributed by atoms with E-state index in [1.807, 2.05) is 38.1 Å². The zero-order valence-corrected chi connectivity index (χ0v) is 13.5. The van der Waals surface area contributed by atoms with Gasteiger partial charge in [0.25, 0.3) is 0 Å². The second-order valence-electron chi connectivity index (χ2n) is 4.56. The van der Waals surface area contributed by atoms with Crippen LogP contribution in [0.15, 0.2) is 29.4 Å². The van der Waals surface area contributed by atoms with Crippen LogP contribution in [0.25, 0.3) is 0 Å². The Kier molecular flexibility index (Phi) is 5.26. The van der Waals surface area contributed by atoms with E-state index in [-0.39, 0.29) is 0 Å². The minimum atomic E-state index is 0.746. The predicted octanol–water partition coefficient (Wildman–Crippen LogP) is 4.26. The second-order valence-corrected chi connectivity index (χ2v) is 6.03. The zero-order chi connectivity index (χ0) is 14.5. The van der Waals surface area contributed by atoms with Crippen LogP contribution in [-0.2, 0) is 0 Å². The van der Waals surface area contributed by atoms with E-state index < -0.39 is 0 Å². The van der Waals surface area contributed by atoms with E-state index in [0.29, 0.717) is 0 Å². The zero-order valence-electron chi connectivity index (χ0n) is 11.9. The van der Waals surface area contributed by atoms with Gasteiger partial charge in [0.1, 0.15) is 0 Å². The van der Waals surface area contributed by atoms with E-state index >= 15 is 0 Å². The molecule has 1 heterocycles. The van der Waals surface area contributed by atoms with Gasteiger partial charge in [-0.3, -0.25) is 0 Å². The van der Waals surface area contributed by atoms with Crippen LogP contribution in [0, 0.1) is 20.8 Å². The van der Waals surface area contributed by atoms with Crippen molar-refractivity contribution in [1.82, 2.24) is 9.97 Å². The van der Waals surface area contributed by atoms with Crippen molar-refractivity contribution in [3.05, 3.63) is 46.2 Å². The molecule has 0 aliphatic heterocycles. The summed E-state index contributed by atoms with van der Waals surface area (Å²) in [4.78, 5) is 8.99. The number of anilines is 1. The molecular weight excluding hydrogens is 290 g/mol. The SMILES string of the molecule is Cc1nc(SCCNc2ccccc2Cl)nc(C)c1C. The summed E-state index contributed by atoms with van der Waals surface area (Å²) in [7, 11) is 0. The summed E-state index contributed by atoms with van der Waals surface area (Å²) in [5.41, 5.74) is 4.24. The third kappa shape index (κ3) is 3.87. The fourth-order valence-corrected chi connectivity index (χ4v) is 2.73. The standard InChI is InChI=1S/C15H18ClN3S/c1-10-11(2)18-15(19-12(10)3)20-9-8-17-14-7-5-4-6-13(14)16/h4-7,17H,8-9H2,1-3H3. The highest BCUT2D eigenvalue weighted by molar-refractivity contribution is 7.99. The molecular formula is C15H18ClN3S. The molecule has 0 unspecified atom stereocenters. The number of thioether (sulfide) groups is 1. The molecule has 0 radical (unpaired) electrons. The van der Waals surface area contributed by atoms with Gasteiger partial charge in [0.2, 0.25) is 0 Å². The van der Waals surface area contributed by atoms with E-state index in [9.17, 15) is 0 Å². The maximum absolute atomic E-state index is 6.09. The molecule has 0 fully saturated rings. The van der Waals surface area contributed by atoms with Crippen molar-refractivity contribution in [1.29, 1.82) is 0 Å². The smallest absolute Gasteiger partial charge is 0.188 e. The molecule has 0 saturated heterocycles. The van der Waals surface area contributed by atoms with Gasteiger partial charge in [-0.1, -0.05) is 35.5 Å². The Morgan fingerprint density at radius 3 is 2.40 bits per heavy atom. The van der Waals surface area contributed by atoms with E-state index in [1.165, 1.54) is 5.56 Å². The molecule has 2 aromatic rings. The molecule has 5 heteroatoms. The molecule has 1 aromatic heterocycles. The molecule has 1 aromatic carbocycles. The minimum Gasteiger partial charge on any atom is -0.383 e. The summed E-state index contributed by atoms with van der Waals surface area (Å²) in [5.74, 6) is 0.896. The van der Waals surface area contributed by atoms with Gasteiger partial charge < -0.3 is 5.32 Å². The first-order chi connectivity index (χ1) is 9.58. The predicted molar refractivity (Wildman–Crippen MR) is 86.9 cm³/mol. The van der Waals surface area contributed by atoms with Gasteiger partial charge in [0.05, 0.1) is 10.7 Å². The summed E-state index contributed by atoms with van der Waals surface area (Å²) in [6.07, 6.45) is 0. The fraction of sp³-hybridized carbons (Fsp3) is 0.333. The number of nitrogens with zero attached hydrogens (tertiary/aromatic N) is 2. The van der Waals surface area contributed by atoms with Gasteiger partial charge in [-0.25, -0.2) is 9.97 Å². The lowest BCUT2D eigenvalue weighted by atomic mass is 10.2. The lowest BCUT2D eigenvalue weighted by Crippen LogP contribution is -2.05. The normalized spacial score (nSPS) is 10.6. The maximum atomic E-state index is 6.09. The van der Waals surface area contributed by atoms with Gasteiger partial charge in [-0.05, 0) is 38.5 Å². The summed E-state index contributed by atoms with van der Waals surface area (Å²) in [5, 5.41) is 4.90. The largest absolute Gasteiger partial charge is 0.383 e. The Morgan fingerprint density at radius 2 is 1.75 bits per heavy atom. The van der Waals surface area contributed by atoms with E-state index in [1.54, 1.807) is 11.8 Å². The van der Waals surface area contributed by atoms with Crippen LogP contribution < -0.4 is 5.32 Å². The van der Waals surface area contributed by atoms with Crippen LogP contribution in [0.4, 0.5) is 5.69 Å². The van der Waals surface area contributed by atoms with E-state index in [4.69, 9.17) is 11.6 Å². The van der Waals surface area contributed by atoms with Crippen LogP contribution in [0.1, 0.15) is 17.0 Å². The Morgan fingerprint density at radius 1 is 1.10 bits per heavy atom. The van der Waals surface area contributed by atoms with Crippen LogP contribution in [0.2, 0.25) is 5.02 Å². The molecule has 20 heavy (non-hydrogen) atoms. The number of hydrogen-bond acceptors (Lipinski definition) is 4. The number of para-hydroxylation sites is 1. The molecule has 0 spiro atoms. The Hall–Kier alpha value is -1.26. The first kappa shape index (κ1) is 15.1. The number of benzene rings is 1. The first-order valence-corrected chi connectivity index (χ1v) is 7.87. The highest BCUT2D eigenvalue weighted by atomic mass is 35.5. The first-order valence-electron chi connectivity index (χ1n) is 6.51. The summed E-state index contributed by atoms with van der Waals surface area (Å²) in [6.45, 7) is 6.92. The molecule has 0 aliphatic rings. The number of aromatic nitrogens is 2. The number of nitrogens with one attached hydrogen (secondary N) is 1. The average Bonchev–Trinajstić information content (AvgIpc) is 2.42. The topological polar surface area (TPSA) is 37.8 Å². The monoisotopic (exact) mass is 307 g/mol. The lowest BCUT2D eigenvalue weighted by molar-refractivity contribution is 0.880. The van der Waals surface area contributed by atoms with Crippen LogP contribution in [0.5, 0.6) is 0 Å². The number of rotatable bonds is 5. The van der Waals surface area contributed by atoms with Crippen LogP contribution in [-0.4, -0.2) is 22.3 Å². The van der Waals surface area contributed by atoms with Crippen molar-refractivity contribution >= 4 is 29.1 Å². The second kappa shape index (κ2) is 6.95. The van der Waals surface area contributed by atoms with Gasteiger partial charge in [-0.2, -0.15) is 0 Å². The van der Waals surface area contributed by atoms with Crippen LogP contribution in [0.3, 0.4) is 0 Å². The van der Waals surface area contributed by atoms with Crippen LogP contribution >= 0.6 is 23.4 Å². The molecule has 0 aliphatic carbocycles. The summed E-state index contributed by atoms with van der Waals surface area (Å²) in [6, 6.07) is 7.75. The minimum absolute atomic E-state index is 0.746. The maximum Gasteiger partial charge on any atom is 0.188 e. The summed E-state index contributed by atoms with van der Waals surface area (Å²) < 4.78 is 0. The van der Waals surface area contributed by atoms with Crippen molar-refractivity contribution in [2.24, 2.45) is 0 Å². The molecule has 0 bridgehead atoms. The molecule has 106 valence electrons. The molecule has 3 nitrogen and oxygen atoms in total. The number of hydrogen-bond donors (Lipinski definition) is 1. The lowest BCUT2D eigenvalue weighted by Gasteiger charge is -2.09. The van der Waals surface area contributed by atoms with E-state index in [0.717, 1.165) is 39.6 Å².